The Bertz CT molecular complexity index is 1440. The number of hydrogen-bond acceptors (Lipinski definition) is 2. The van der Waals surface area contributed by atoms with E-state index in [0.29, 0.717) is 5.56 Å². The zero-order chi connectivity index (χ0) is 27.0. The molecule has 0 spiro atoms. The zero-order valence-electron chi connectivity index (χ0n) is 20.1. The predicted molar refractivity (Wildman–Crippen MR) is 144 cm³/mol. The lowest BCUT2D eigenvalue weighted by atomic mass is 10.00. The number of rotatable bonds is 5. The Labute approximate surface area is 218 Å². The van der Waals surface area contributed by atoms with Crippen molar-refractivity contribution in [1.82, 2.24) is 0 Å². The van der Waals surface area contributed by atoms with E-state index < -0.39 is 7.25 Å². The van der Waals surface area contributed by atoms with Crippen molar-refractivity contribution >= 4 is 13.5 Å². The summed E-state index contributed by atoms with van der Waals surface area (Å²) in [5.74, 6) is 0.199. The molecule has 1 N–H and O–H groups in total. The van der Waals surface area contributed by atoms with Gasteiger partial charge in [-0.05, 0) is 57.3 Å². The van der Waals surface area contributed by atoms with Crippen LogP contribution in [-0.2, 0) is 0 Å². The molecule has 8 heteroatoms. The number of aromatic hydroxyl groups is 1. The van der Waals surface area contributed by atoms with Crippen LogP contribution in [0.5, 0.6) is 5.75 Å². The molecule has 0 bridgehead atoms. The molecular formula is C30H23BF4N2O. The zero-order valence-corrected chi connectivity index (χ0v) is 20.1. The van der Waals surface area contributed by atoms with Crippen LogP contribution in [0.4, 0.5) is 17.3 Å². The van der Waals surface area contributed by atoms with Gasteiger partial charge in [-0.15, -0.1) is 0 Å². The molecule has 0 amide bonds. The SMILES string of the molecule is F[B-](F)(F)F.Oc1ccccc1/C=N/[n+]1c(-c2ccccc2)cc(-c2ccccc2)cc1-c1ccccc1. The van der Waals surface area contributed by atoms with Gasteiger partial charge in [0.1, 0.15) is 12.0 Å². The second kappa shape index (κ2) is 12.0. The maximum Gasteiger partial charge on any atom is 0.673 e. The molecule has 1 aromatic heterocycles. The van der Waals surface area contributed by atoms with Gasteiger partial charge in [-0.3, -0.25) is 0 Å². The Balaban J connectivity index is 0.000000617. The van der Waals surface area contributed by atoms with Gasteiger partial charge >= 0.3 is 7.25 Å². The molecule has 4 aromatic carbocycles. The Hall–Kier alpha value is -4.72. The van der Waals surface area contributed by atoms with Crippen LogP contribution in [0.1, 0.15) is 5.56 Å². The molecule has 0 unspecified atom stereocenters. The topological polar surface area (TPSA) is 36.5 Å². The van der Waals surface area contributed by atoms with Crippen molar-refractivity contribution in [2.24, 2.45) is 5.10 Å². The first-order valence-corrected chi connectivity index (χ1v) is 11.8. The van der Waals surface area contributed by atoms with Gasteiger partial charge in [0.25, 0.3) is 0 Å². The maximum atomic E-state index is 10.3. The summed E-state index contributed by atoms with van der Waals surface area (Å²) in [7, 11) is -6.00. The van der Waals surface area contributed by atoms with Gasteiger partial charge in [0.2, 0.25) is 11.4 Å². The third-order valence-corrected chi connectivity index (χ3v) is 5.54. The summed E-state index contributed by atoms with van der Waals surface area (Å²) in [5, 5.41) is 15.1. The molecule has 0 aliphatic carbocycles. The number of aromatic nitrogens is 1. The molecule has 3 nitrogen and oxygen atoms in total. The molecule has 0 aliphatic heterocycles. The quantitative estimate of drug-likeness (QED) is 0.110. The normalized spacial score (nSPS) is 11.2. The van der Waals surface area contributed by atoms with E-state index in [-0.39, 0.29) is 5.75 Å². The first-order valence-electron chi connectivity index (χ1n) is 11.8. The number of hydrogen-bond donors (Lipinski definition) is 1. The van der Waals surface area contributed by atoms with Crippen LogP contribution in [-0.4, -0.2) is 18.6 Å². The number of halogens is 4. The first kappa shape index (κ1) is 26.4. The third kappa shape index (κ3) is 7.16. The first-order chi connectivity index (χ1) is 18.3. The van der Waals surface area contributed by atoms with Gasteiger partial charge in [0, 0.05) is 28.8 Å². The molecule has 1 heterocycles. The number of benzene rings is 4. The fraction of sp³-hybridized carbons (Fsp3) is 0. The Morgan fingerprint density at radius 2 is 0.947 bits per heavy atom. The minimum atomic E-state index is -6.00. The molecule has 5 rings (SSSR count). The van der Waals surface area contributed by atoms with Crippen LogP contribution in [0.15, 0.2) is 132 Å². The highest BCUT2D eigenvalue weighted by molar-refractivity contribution is 6.50. The summed E-state index contributed by atoms with van der Waals surface area (Å²) in [6.45, 7) is 0. The molecule has 0 saturated heterocycles. The van der Waals surface area contributed by atoms with Crippen LogP contribution in [0.2, 0.25) is 0 Å². The average Bonchev–Trinajstić information content (AvgIpc) is 2.93. The Morgan fingerprint density at radius 1 is 0.553 bits per heavy atom. The predicted octanol–water partition coefficient (Wildman–Crippen LogP) is 7.86. The largest absolute Gasteiger partial charge is 0.673 e. The summed E-state index contributed by atoms with van der Waals surface area (Å²) >= 11 is 0. The van der Waals surface area contributed by atoms with Crippen LogP contribution in [0.25, 0.3) is 33.6 Å². The van der Waals surface area contributed by atoms with E-state index in [9.17, 15) is 22.4 Å². The van der Waals surface area contributed by atoms with Crippen molar-refractivity contribution in [3.05, 3.63) is 133 Å². The number of phenolic OH excluding ortho intramolecular Hbond substituents is 1. The van der Waals surface area contributed by atoms with E-state index in [2.05, 4.69) is 60.7 Å². The summed E-state index contributed by atoms with van der Waals surface area (Å²) in [6.07, 6.45) is 1.70. The van der Waals surface area contributed by atoms with E-state index in [1.165, 1.54) is 0 Å². The van der Waals surface area contributed by atoms with E-state index in [0.717, 1.165) is 33.6 Å². The number of para-hydroxylation sites is 1. The number of nitrogens with zero attached hydrogens (tertiary/aromatic N) is 2. The van der Waals surface area contributed by atoms with Gasteiger partial charge in [0.05, 0.1) is 0 Å². The monoisotopic (exact) mass is 514 g/mol. The molecule has 0 atom stereocenters. The molecule has 0 aliphatic rings. The molecule has 38 heavy (non-hydrogen) atoms. The fourth-order valence-electron chi connectivity index (χ4n) is 3.86. The van der Waals surface area contributed by atoms with E-state index >= 15 is 0 Å². The highest BCUT2D eigenvalue weighted by atomic mass is 19.5. The van der Waals surface area contributed by atoms with Crippen LogP contribution < -0.4 is 4.68 Å². The fourth-order valence-corrected chi connectivity index (χ4v) is 3.86. The molecule has 0 fully saturated rings. The van der Waals surface area contributed by atoms with Crippen molar-refractivity contribution < 1.29 is 27.0 Å². The smallest absolute Gasteiger partial charge is 0.507 e. The maximum absolute atomic E-state index is 10.3. The Kier molecular flexibility index (Phi) is 8.33. The van der Waals surface area contributed by atoms with Crippen LogP contribution in [0, 0.1) is 0 Å². The van der Waals surface area contributed by atoms with Gasteiger partial charge in [-0.1, -0.05) is 78.9 Å². The van der Waals surface area contributed by atoms with Crippen LogP contribution in [0.3, 0.4) is 0 Å². The lowest BCUT2D eigenvalue weighted by molar-refractivity contribution is -0.656. The van der Waals surface area contributed by atoms with Crippen LogP contribution >= 0.6 is 0 Å². The lowest BCUT2D eigenvalue weighted by Crippen LogP contribution is -2.34. The van der Waals surface area contributed by atoms with Crippen molar-refractivity contribution in [3.63, 3.8) is 0 Å². The summed E-state index contributed by atoms with van der Waals surface area (Å²) in [4.78, 5) is 0. The van der Waals surface area contributed by atoms with Crippen molar-refractivity contribution in [3.8, 4) is 39.4 Å². The lowest BCUT2D eigenvalue weighted by Gasteiger charge is -2.09. The molecule has 190 valence electrons. The van der Waals surface area contributed by atoms with Crippen molar-refractivity contribution in [1.29, 1.82) is 0 Å². The van der Waals surface area contributed by atoms with Gasteiger partial charge in [-0.25, -0.2) is 0 Å². The molecule has 0 radical (unpaired) electrons. The molecule has 5 aromatic rings. The average molecular weight is 514 g/mol. The third-order valence-electron chi connectivity index (χ3n) is 5.54. The summed E-state index contributed by atoms with van der Waals surface area (Å²) in [5.41, 5.74) is 6.95. The second-order valence-corrected chi connectivity index (χ2v) is 8.22. The highest BCUT2D eigenvalue weighted by Crippen LogP contribution is 2.29. The minimum absolute atomic E-state index is 0.199. The number of phenols is 1. The van der Waals surface area contributed by atoms with E-state index in [1.807, 2.05) is 59.3 Å². The standard InChI is InChI=1S/C30H22N2O.BF4/c33-30-19-11-10-18-26(30)22-31-32-28(24-14-6-2-7-15-24)20-27(23-12-4-1-5-13-23)21-29(32)25-16-8-3-9-17-25;2-1(3,4)5/h1-22H;/q;-1/p+1. The molecule has 0 saturated carbocycles. The minimum Gasteiger partial charge on any atom is -0.507 e. The van der Waals surface area contributed by atoms with Crippen molar-refractivity contribution in [2.45, 2.75) is 0 Å². The van der Waals surface area contributed by atoms with Gasteiger partial charge < -0.3 is 22.4 Å². The second-order valence-electron chi connectivity index (χ2n) is 8.22. The van der Waals surface area contributed by atoms with Crippen molar-refractivity contribution in [2.75, 3.05) is 0 Å². The summed E-state index contributed by atoms with van der Waals surface area (Å²) in [6, 6.07) is 42.4. The van der Waals surface area contributed by atoms with Gasteiger partial charge in [-0.2, -0.15) is 0 Å². The van der Waals surface area contributed by atoms with E-state index in [1.54, 1.807) is 18.3 Å². The number of pyridine rings is 1. The Morgan fingerprint density at radius 3 is 1.39 bits per heavy atom. The highest BCUT2D eigenvalue weighted by Gasteiger charge is 2.23. The molecular weight excluding hydrogens is 491 g/mol. The van der Waals surface area contributed by atoms with E-state index in [4.69, 9.17) is 5.10 Å². The van der Waals surface area contributed by atoms with Gasteiger partial charge in [0.15, 0.2) is 0 Å². The summed E-state index contributed by atoms with van der Waals surface area (Å²) < 4.78 is 40.9.